The lowest BCUT2D eigenvalue weighted by Gasteiger charge is -2.05. The molecule has 0 saturated carbocycles. The molecule has 0 unspecified atom stereocenters. The predicted octanol–water partition coefficient (Wildman–Crippen LogP) is 2.06. The molecular formula is C15H17N3O4. The number of carbonyl (C=O) groups excluding carboxylic acids is 1. The zero-order chi connectivity index (χ0) is 16.4. The quantitative estimate of drug-likeness (QED) is 0.837. The fourth-order valence-corrected chi connectivity index (χ4v) is 2.11. The van der Waals surface area contributed by atoms with Gasteiger partial charge in [0.1, 0.15) is 11.4 Å². The van der Waals surface area contributed by atoms with E-state index in [0.29, 0.717) is 11.4 Å². The van der Waals surface area contributed by atoms with Gasteiger partial charge in [0, 0.05) is 0 Å². The molecule has 2 aromatic rings. The summed E-state index contributed by atoms with van der Waals surface area (Å²) in [6.45, 7) is 3.79. The van der Waals surface area contributed by atoms with Crippen molar-refractivity contribution in [2.75, 3.05) is 12.8 Å². The van der Waals surface area contributed by atoms with Gasteiger partial charge in [0.15, 0.2) is 0 Å². The molecule has 0 bridgehead atoms. The van der Waals surface area contributed by atoms with Crippen molar-refractivity contribution in [3.63, 3.8) is 0 Å². The minimum absolute atomic E-state index is 0.0176. The van der Waals surface area contributed by atoms with E-state index in [-0.39, 0.29) is 22.9 Å². The molecule has 1 aromatic carbocycles. The molecule has 0 saturated heterocycles. The Hall–Kier alpha value is -2.83. The highest BCUT2D eigenvalue weighted by atomic mass is 16.5. The molecule has 2 rings (SSSR count). The smallest absolute Gasteiger partial charge is 0.343 e. The number of hydrogen-bond acceptors (Lipinski definition) is 5. The van der Waals surface area contributed by atoms with Gasteiger partial charge in [-0.1, -0.05) is 13.8 Å². The fourth-order valence-electron chi connectivity index (χ4n) is 2.11. The molecule has 0 aliphatic heterocycles. The van der Waals surface area contributed by atoms with Crippen LogP contribution in [-0.4, -0.2) is 33.9 Å². The second kappa shape index (κ2) is 5.88. The first-order valence-electron chi connectivity index (χ1n) is 6.67. The van der Waals surface area contributed by atoms with Crippen molar-refractivity contribution < 1.29 is 19.4 Å². The maximum Gasteiger partial charge on any atom is 0.343 e. The predicted molar refractivity (Wildman–Crippen MR) is 80.4 cm³/mol. The van der Waals surface area contributed by atoms with E-state index in [1.54, 1.807) is 12.1 Å². The van der Waals surface area contributed by atoms with Gasteiger partial charge in [0.05, 0.1) is 24.1 Å². The highest BCUT2D eigenvalue weighted by Gasteiger charge is 2.25. The molecule has 7 heteroatoms. The fraction of sp³-hybridized carbons (Fsp3) is 0.267. The number of methoxy groups -OCH3 is 1. The molecule has 116 valence electrons. The standard InChI is InChI=1S/C15H17N3O4/c1-8(2)12-11(15(21)22-3)13(16)18(17-12)10-6-4-9(5-7-10)14(19)20/h4-8H,16H2,1-3H3,(H,19,20). The number of aromatic carboxylic acids is 1. The number of anilines is 1. The summed E-state index contributed by atoms with van der Waals surface area (Å²) in [4.78, 5) is 22.8. The van der Waals surface area contributed by atoms with Crippen LogP contribution in [-0.2, 0) is 4.74 Å². The summed E-state index contributed by atoms with van der Waals surface area (Å²) in [5, 5.41) is 13.3. The number of esters is 1. The molecule has 1 heterocycles. The number of carbonyl (C=O) groups is 2. The van der Waals surface area contributed by atoms with Crippen molar-refractivity contribution in [2.45, 2.75) is 19.8 Å². The van der Waals surface area contributed by atoms with Gasteiger partial charge >= 0.3 is 11.9 Å². The Morgan fingerprint density at radius 1 is 1.27 bits per heavy atom. The molecule has 22 heavy (non-hydrogen) atoms. The van der Waals surface area contributed by atoms with Crippen molar-refractivity contribution >= 4 is 17.8 Å². The van der Waals surface area contributed by atoms with Crippen molar-refractivity contribution in [1.29, 1.82) is 0 Å². The lowest BCUT2D eigenvalue weighted by Crippen LogP contribution is -2.08. The van der Waals surface area contributed by atoms with Crippen LogP contribution >= 0.6 is 0 Å². The van der Waals surface area contributed by atoms with Crippen molar-refractivity contribution in [3.8, 4) is 5.69 Å². The highest BCUT2D eigenvalue weighted by molar-refractivity contribution is 5.96. The van der Waals surface area contributed by atoms with E-state index in [1.807, 2.05) is 13.8 Å². The number of ether oxygens (including phenoxy) is 1. The number of carboxylic acid groups (broad SMARTS) is 1. The summed E-state index contributed by atoms with van der Waals surface area (Å²) >= 11 is 0. The van der Waals surface area contributed by atoms with E-state index < -0.39 is 11.9 Å². The number of nitrogens with zero attached hydrogens (tertiary/aromatic N) is 2. The van der Waals surface area contributed by atoms with Gasteiger partial charge in [-0.25, -0.2) is 14.3 Å². The number of carboxylic acids is 1. The van der Waals surface area contributed by atoms with E-state index in [2.05, 4.69) is 5.10 Å². The Kier molecular flexibility index (Phi) is 4.16. The maximum atomic E-state index is 11.9. The molecule has 0 amide bonds. The second-order valence-electron chi connectivity index (χ2n) is 5.06. The van der Waals surface area contributed by atoms with Crippen LogP contribution in [0.15, 0.2) is 24.3 Å². The van der Waals surface area contributed by atoms with Gasteiger partial charge in [-0.3, -0.25) is 0 Å². The Labute approximate surface area is 127 Å². The minimum atomic E-state index is -1.02. The molecule has 0 fully saturated rings. The zero-order valence-electron chi connectivity index (χ0n) is 12.5. The average molecular weight is 303 g/mol. The Morgan fingerprint density at radius 2 is 1.86 bits per heavy atom. The number of aromatic nitrogens is 2. The monoisotopic (exact) mass is 303 g/mol. The van der Waals surface area contributed by atoms with Crippen molar-refractivity contribution in [2.24, 2.45) is 0 Å². The van der Waals surface area contributed by atoms with Gasteiger partial charge in [0.25, 0.3) is 0 Å². The Balaban J connectivity index is 2.56. The number of nitrogen functional groups attached to an aromatic ring is 1. The number of nitrogens with two attached hydrogens (primary N) is 1. The third-order valence-corrected chi connectivity index (χ3v) is 3.24. The van der Waals surface area contributed by atoms with Crippen LogP contribution in [0.3, 0.4) is 0 Å². The van der Waals surface area contributed by atoms with E-state index in [4.69, 9.17) is 15.6 Å². The summed E-state index contributed by atoms with van der Waals surface area (Å²) in [6, 6.07) is 6.06. The summed E-state index contributed by atoms with van der Waals surface area (Å²) in [6.07, 6.45) is 0. The molecule has 7 nitrogen and oxygen atoms in total. The Morgan fingerprint density at radius 3 is 2.32 bits per heavy atom. The van der Waals surface area contributed by atoms with E-state index in [9.17, 15) is 9.59 Å². The first-order valence-corrected chi connectivity index (χ1v) is 6.67. The van der Waals surface area contributed by atoms with Gasteiger partial charge in [-0.2, -0.15) is 5.10 Å². The largest absolute Gasteiger partial charge is 0.478 e. The molecule has 1 aromatic heterocycles. The summed E-state index contributed by atoms with van der Waals surface area (Å²) in [5.41, 5.74) is 7.53. The average Bonchev–Trinajstić information content (AvgIpc) is 2.84. The van der Waals surface area contributed by atoms with Crippen LogP contribution in [0.4, 0.5) is 5.82 Å². The zero-order valence-corrected chi connectivity index (χ0v) is 12.5. The second-order valence-corrected chi connectivity index (χ2v) is 5.06. The third kappa shape index (κ3) is 2.65. The first-order chi connectivity index (χ1) is 10.4. The maximum absolute atomic E-state index is 11.9. The molecule has 3 N–H and O–H groups in total. The first kappa shape index (κ1) is 15.6. The molecule has 0 spiro atoms. The number of hydrogen-bond donors (Lipinski definition) is 2. The molecule has 0 atom stereocenters. The highest BCUT2D eigenvalue weighted by Crippen LogP contribution is 2.27. The summed E-state index contributed by atoms with van der Waals surface area (Å²) in [7, 11) is 1.28. The molecular weight excluding hydrogens is 286 g/mol. The normalized spacial score (nSPS) is 10.7. The Bertz CT molecular complexity index is 717. The van der Waals surface area contributed by atoms with Crippen LogP contribution in [0.2, 0.25) is 0 Å². The van der Waals surface area contributed by atoms with Crippen LogP contribution in [0, 0.1) is 0 Å². The van der Waals surface area contributed by atoms with Crippen LogP contribution < -0.4 is 5.73 Å². The summed E-state index contributed by atoms with van der Waals surface area (Å²) < 4.78 is 6.17. The topological polar surface area (TPSA) is 107 Å². The van der Waals surface area contributed by atoms with Crippen LogP contribution in [0.25, 0.3) is 5.69 Å². The van der Waals surface area contributed by atoms with Crippen molar-refractivity contribution in [1.82, 2.24) is 9.78 Å². The third-order valence-electron chi connectivity index (χ3n) is 3.24. The van der Waals surface area contributed by atoms with Gasteiger partial charge in [-0.15, -0.1) is 0 Å². The van der Waals surface area contributed by atoms with Gasteiger partial charge < -0.3 is 15.6 Å². The van der Waals surface area contributed by atoms with E-state index in [0.717, 1.165) is 0 Å². The lowest BCUT2D eigenvalue weighted by atomic mass is 10.1. The molecule has 0 aliphatic carbocycles. The summed E-state index contributed by atoms with van der Waals surface area (Å²) in [5.74, 6) is -1.41. The SMILES string of the molecule is COC(=O)c1c(C(C)C)nn(-c2ccc(C(=O)O)cc2)c1N. The van der Waals surface area contributed by atoms with Crippen molar-refractivity contribution in [3.05, 3.63) is 41.1 Å². The molecule has 0 radical (unpaired) electrons. The van der Waals surface area contributed by atoms with E-state index in [1.165, 1.54) is 23.9 Å². The molecule has 0 aliphatic rings. The minimum Gasteiger partial charge on any atom is -0.478 e. The van der Waals surface area contributed by atoms with E-state index >= 15 is 0 Å². The van der Waals surface area contributed by atoms with Gasteiger partial charge in [0.2, 0.25) is 0 Å². The number of rotatable bonds is 4. The number of benzene rings is 1. The lowest BCUT2D eigenvalue weighted by molar-refractivity contribution is 0.0599. The van der Waals surface area contributed by atoms with Gasteiger partial charge in [-0.05, 0) is 30.2 Å². The van der Waals surface area contributed by atoms with Crippen LogP contribution in [0.5, 0.6) is 0 Å². The van der Waals surface area contributed by atoms with Crippen LogP contribution in [0.1, 0.15) is 46.2 Å².